The minimum atomic E-state index is 0.171. The highest BCUT2D eigenvalue weighted by Crippen LogP contribution is 2.24. The summed E-state index contributed by atoms with van der Waals surface area (Å²) in [6, 6.07) is 13.9. The van der Waals surface area contributed by atoms with Crippen molar-refractivity contribution in [2.45, 2.75) is 19.9 Å². The minimum absolute atomic E-state index is 0.171. The lowest BCUT2D eigenvalue weighted by molar-refractivity contribution is 0.414. The summed E-state index contributed by atoms with van der Waals surface area (Å²) >= 11 is 5.07. The Balaban J connectivity index is 2.10. The zero-order valence-electron chi connectivity index (χ0n) is 16.2. The van der Waals surface area contributed by atoms with Crippen LogP contribution in [0.5, 0.6) is 11.5 Å². The van der Waals surface area contributed by atoms with Gasteiger partial charge in [0.25, 0.3) is 0 Å². The van der Waals surface area contributed by atoms with Crippen molar-refractivity contribution in [3.05, 3.63) is 62.7 Å². The molecule has 0 saturated heterocycles. The molecule has 2 aromatic carbocycles. The Hall–Kier alpha value is -2.38. The Morgan fingerprint density at radius 2 is 1.82 bits per heavy atom. The van der Waals surface area contributed by atoms with Crippen LogP contribution in [0.15, 0.2) is 62.4 Å². The zero-order valence-corrected chi connectivity index (χ0v) is 18.6. The summed E-state index contributed by atoms with van der Waals surface area (Å²) in [5.74, 6) is 1.58. The van der Waals surface area contributed by atoms with Gasteiger partial charge in [0.15, 0.2) is 0 Å². The van der Waals surface area contributed by atoms with Crippen molar-refractivity contribution in [2.75, 3.05) is 14.2 Å². The number of methoxy groups -OCH3 is 2. The maximum Gasteiger partial charge on any atom is 0.206 e. The predicted molar refractivity (Wildman–Crippen MR) is 119 cm³/mol. The molecule has 0 radical (unpaired) electrons. The number of hydrogen-bond acceptors (Lipinski definition) is 5. The molecule has 0 fully saturated rings. The standard InChI is InChI=1S/C21H22BrN3O2S/c1-14(2)24-21-25(23-12-16-11-17(22)7-10-20(16)27-4)19(13-28-21)15-5-8-18(26-3)9-6-15/h5-14H,1-4H3. The van der Waals surface area contributed by atoms with Gasteiger partial charge in [0.05, 0.1) is 26.1 Å². The largest absolute Gasteiger partial charge is 0.497 e. The Morgan fingerprint density at radius 1 is 1.07 bits per heavy atom. The highest BCUT2D eigenvalue weighted by Gasteiger charge is 2.09. The Kier molecular flexibility index (Phi) is 6.70. The molecule has 0 amide bonds. The first-order valence-corrected chi connectivity index (χ1v) is 10.5. The van der Waals surface area contributed by atoms with Gasteiger partial charge in [-0.3, -0.25) is 4.99 Å². The SMILES string of the molecule is COc1ccc(-c2csc(=NC(C)C)n2N=Cc2cc(Br)ccc2OC)cc1. The Labute approximate surface area is 177 Å². The molecule has 1 aromatic heterocycles. The van der Waals surface area contributed by atoms with E-state index in [1.165, 1.54) is 0 Å². The van der Waals surface area contributed by atoms with Crippen LogP contribution in [-0.4, -0.2) is 31.2 Å². The van der Waals surface area contributed by atoms with Crippen LogP contribution in [0.25, 0.3) is 11.3 Å². The molecule has 146 valence electrons. The van der Waals surface area contributed by atoms with Crippen LogP contribution in [0.3, 0.4) is 0 Å². The lowest BCUT2D eigenvalue weighted by atomic mass is 10.2. The summed E-state index contributed by atoms with van der Waals surface area (Å²) < 4.78 is 13.5. The lowest BCUT2D eigenvalue weighted by Crippen LogP contribution is -2.14. The Morgan fingerprint density at radius 3 is 2.46 bits per heavy atom. The van der Waals surface area contributed by atoms with E-state index in [0.29, 0.717) is 0 Å². The molecule has 0 aliphatic heterocycles. The summed E-state index contributed by atoms with van der Waals surface area (Å²) in [5.41, 5.74) is 2.89. The monoisotopic (exact) mass is 459 g/mol. The van der Waals surface area contributed by atoms with Gasteiger partial charge >= 0.3 is 0 Å². The third-order valence-electron chi connectivity index (χ3n) is 3.94. The fourth-order valence-corrected chi connectivity index (χ4v) is 3.96. The summed E-state index contributed by atoms with van der Waals surface area (Å²) in [7, 11) is 3.32. The van der Waals surface area contributed by atoms with E-state index in [1.807, 2.05) is 47.1 Å². The molecule has 28 heavy (non-hydrogen) atoms. The van der Waals surface area contributed by atoms with E-state index in [4.69, 9.17) is 19.6 Å². The van der Waals surface area contributed by atoms with Crippen molar-refractivity contribution in [1.82, 2.24) is 4.68 Å². The van der Waals surface area contributed by atoms with Gasteiger partial charge in [-0.15, -0.1) is 11.3 Å². The van der Waals surface area contributed by atoms with Gasteiger partial charge in [0.1, 0.15) is 11.5 Å². The van der Waals surface area contributed by atoms with Gasteiger partial charge in [-0.25, -0.2) is 4.68 Å². The average molecular weight is 460 g/mol. The number of nitrogens with zero attached hydrogens (tertiary/aromatic N) is 3. The second kappa shape index (κ2) is 9.21. The van der Waals surface area contributed by atoms with Crippen LogP contribution in [0.4, 0.5) is 0 Å². The van der Waals surface area contributed by atoms with Crippen LogP contribution in [0.1, 0.15) is 19.4 Å². The molecule has 3 rings (SSSR count). The van der Waals surface area contributed by atoms with Crippen LogP contribution < -0.4 is 14.3 Å². The molecule has 0 unspecified atom stereocenters. The number of ether oxygens (including phenoxy) is 2. The number of hydrogen-bond donors (Lipinski definition) is 0. The molecule has 0 aliphatic carbocycles. The van der Waals surface area contributed by atoms with E-state index in [2.05, 4.69) is 35.2 Å². The maximum atomic E-state index is 5.45. The van der Waals surface area contributed by atoms with E-state index in [1.54, 1.807) is 31.8 Å². The number of halogens is 1. The number of thiazole rings is 1. The Bertz CT molecular complexity index is 1040. The van der Waals surface area contributed by atoms with Crippen molar-refractivity contribution < 1.29 is 9.47 Å². The molecule has 3 aromatic rings. The topological polar surface area (TPSA) is 48.1 Å². The molecule has 7 heteroatoms. The number of rotatable bonds is 6. The fourth-order valence-electron chi connectivity index (χ4n) is 2.61. The molecule has 0 aliphatic rings. The van der Waals surface area contributed by atoms with Crippen molar-refractivity contribution >= 4 is 33.5 Å². The van der Waals surface area contributed by atoms with Crippen LogP contribution >= 0.6 is 27.3 Å². The van der Waals surface area contributed by atoms with Crippen molar-refractivity contribution in [3.8, 4) is 22.8 Å². The first-order chi connectivity index (χ1) is 13.5. The van der Waals surface area contributed by atoms with Gasteiger partial charge in [-0.05, 0) is 56.3 Å². The normalized spacial score (nSPS) is 12.1. The van der Waals surface area contributed by atoms with Crippen molar-refractivity contribution in [1.29, 1.82) is 0 Å². The highest BCUT2D eigenvalue weighted by molar-refractivity contribution is 9.10. The molecule has 0 bridgehead atoms. The summed E-state index contributed by atoms with van der Waals surface area (Å²) in [6.45, 7) is 4.11. The first-order valence-electron chi connectivity index (χ1n) is 8.78. The van der Waals surface area contributed by atoms with Crippen LogP contribution in [0.2, 0.25) is 0 Å². The van der Waals surface area contributed by atoms with Crippen molar-refractivity contribution in [2.24, 2.45) is 10.1 Å². The molecular formula is C21H22BrN3O2S. The van der Waals surface area contributed by atoms with E-state index in [0.717, 1.165) is 37.6 Å². The third kappa shape index (κ3) is 4.72. The second-order valence-electron chi connectivity index (χ2n) is 6.30. The third-order valence-corrected chi connectivity index (χ3v) is 5.27. The zero-order chi connectivity index (χ0) is 20.1. The van der Waals surface area contributed by atoms with E-state index in [-0.39, 0.29) is 6.04 Å². The molecule has 5 nitrogen and oxygen atoms in total. The van der Waals surface area contributed by atoms with E-state index >= 15 is 0 Å². The highest BCUT2D eigenvalue weighted by atomic mass is 79.9. The maximum absolute atomic E-state index is 5.45. The summed E-state index contributed by atoms with van der Waals surface area (Å²) in [5, 5.41) is 6.80. The first kappa shape index (κ1) is 20.4. The van der Waals surface area contributed by atoms with Gasteiger partial charge in [-0.2, -0.15) is 5.10 Å². The van der Waals surface area contributed by atoms with E-state index < -0.39 is 0 Å². The van der Waals surface area contributed by atoms with Crippen LogP contribution in [0, 0.1) is 0 Å². The summed E-state index contributed by atoms with van der Waals surface area (Å²) in [4.78, 5) is 5.55. The van der Waals surface area contributed by atoms with Crippen molar-refractivity contribution in [3.63, 3.8) is 0 Å². The molecule has 0 atom stereocenters. The molecule has 1 heterocycles. The average Bonchev–Trinajstić information content (AvgIpc) is 3.08. The van der Waals surface area contributed by atoms with Gasteiger partial charge in [0, 0.05) is 27.0 Å². The smallest absolute Gasteiger partial charge is 0.206 e. The second-order valence-corrected chi connectivity index (χ2v) is 8.05. The van der Waals surface area contributed by atoms with Gasteiger partial charge in [-0.1, -0.05) is 15.9 Å². The van der Waals surface area contributed by atoms with Crippen LogP contribution in [-0.2, 0) is 0 Å². The molecule has 0 spiro atoms. The molecule has 0 saturated carbocycles. The lowest BCUT2D eigenvalue weighted by Gasteiger charge is -2.07. The quantitative estimate of drug-likeness (QED) is 0.476. The fraction of sp³-hybridized carbons (Fsp3) is 0.238. The number of benzene rings is 2. The number of aromatic nitrogens is 1. The van der Waals surface area contributed by atoms with E-state index in [9.17, 15) is 0 Å². The molecule has 0 N–H and O–H groups in total. The predicted octanol–water partition coefficient (Wildman–Crippen LogP) is 5.19. The van der Waals surface area contributed by atoms with Gasteiger partial charge in [0.2, 0.25) is 4.80 Å². The minimum Gasteiger partial charge on any atom is -0.497 e. The molecular weight excluding hydrogens is 438 g/mol. The van der Waals surface area contributed by atoms with Gasteiger partial charge < -0.3 is 9.47 Å². The summed E-state index contributed by atoms with van der Waals surface area (Å²) in [6.07, 6.45) is 1.79.